The summed E-state index contributed by atoms with van der Waals surface area (Å²) in [5, 5.41) is 0.418. The molecule has 1 amide bonds. The molecule has 0 spiro atoms. The number of hydrogen-bond acceptors (Lipinski definition) is 5. The molecular formula is C22H28ClN3O4S. The number of benzene rings is 2. The lowest BCUT2D eigenvalue weighted by atomic mass is 10.1. The van der Waals surface area contributed by atoms with E-state index in [0.717, 1.165) is 17.7 Å². The van der Waals surface area contributed by atoms with Crippen molar-refractivity contribution >= 4 is 38.9 Å². The van der Waals surface area contributed by atoms with E-state index in [4.69, 9.17) is 16.3 Å². The molecule has 1 aliphatic heterocycles. The Morgan fingerprint density at radius 3 is 2.29 bits per heavy atom. The highest BCUT2D eigenvalue weighted by molar-refractivity contribution is 7.92. The fourth-order valence-corrected chi connectivity index (χ4v) is 5.23. The van der Waals surface area contributed by atoms with Crippen molar-refractivity contribution < 1.29 is 17.9 Å². The van der Waals surface area contributed by atoms with E-state index in [1.807, 2.05) is 31.2 Å². The van der Waals surface area contributed by atoms with Crippen LogP contribution in [0.4, 0.5) is 11.4 Å². The molecule has 31 heavy (non-hydrogen) atoms. The van der Waals surface area contributed by atoms with E-state index < -0.39 is 16.1 Å². The first kappa shape index (κ1) is 23.2. The minimum atomic E-state index is -3.69. The number of sulfonamides is 1. The number of nitrogens with zero attached hydrogens (tertiary/aromatic N) is 3. The van der Waals surface area contributed by atoms with Crippen LogP contribution >= 0.6 is 11.6 Å². The molecule has 1 saturated heterocycles. The molecule has 0 radical (unpaired) electrons. The Morgan fingerprint density at radius 2 is 1.77 bits per heavy atom. The van der Waals surface area contributed by atoms with Crippen molar-refractivity contribution in [3.8, 4) is 5.75 Å². The predicted octanol–water partition coefficient (Wildman–Crippen LogP) is 3.24. The molecule has 1 heterocycles. The van der Waals surface area contributed by atoms with Crippen molar-refractivity contribution in [1.29, 1.82) is 0 Å². The van der Waals surface area contributed by atoms with Gasteiger partial charge in [-0.2, -0.15) is 0 Å². The molecule has 3 rings (SSSR count). The molecule has 0 aliphatic carbocycles. The SMILES string of the molecule is CC[C@H](C(=O)N1CCN(c2ccc(OC)cc2)CC1)N(c1cccc(Cl)c1)S(C)(=O)=O. The van der Waals surface area contributed by atoms with E-state index in [9.17, 15) is 13.2 Å². The van der Waals surface area contributed by atoms with Gasteiger partial charge in [-0.1, -0.05) is 24.6 Å². The van der Waals surface area contributed by atoms with Gasteiger partial charge in [0, 0.05) is 36.9 Å². The van der Waals surface area contributed by atoms with Gasteiger partial charge in [0.15, 0.2) is 0 Å². The predicted molar refractivity (Wildman–Crippen MR) is 125 cm³/mol. The van der Waals surface area contributed by atoms with E-state index in [0.29, 0.717) is 43.3 Å². The van der Waals surface area contributed by atoms with E-state index in [2.05, 4.69) is 4.90 Å². The Morgan fingerprint density at radius 1 is 1.13 bits per heavy atom. The van der Waals surface area contributed by atoms with Crippen molar-refractivity contribution in [3.05, 3.63) is 53.6 Å². The topological polar surface area (TPSA) is 70.2 Å². The van der Waals surface area contributed by atoms with Crippen LogP contribution in [-0.2, 0) is 14.8 Å². The summed E-state index contributed by atoms with van der Waals surface area (Å²) >= 11 is 6.08. The Kier molecular flexibility index (Phi) is 7.33. The van der Waals surface area contributed by atoms with Crippen molar-refractivity contribution in [2.45, 2.75) is 19.4 Å². The number of rotatable bonds is 7. The van der Waals surface area contributed by atoms with Crippen molar-refractivity contribution in [1.82, 2.24) is 4.90 Å². The smallest absolute Gasteiger partial charge is 0.246 e. The maximum Gasteiger partial charge on any atom is 0.246 e. The van der Waals surface area contributed by atoms with Crippen LogP contribution < -0.4 is 13.9 Å². The third kappa shape index (κ3) is 5.43. The van der Waals surface area contributed by atoms with Gasteiger partial charge in [-0.05, 0) is 48.9 Å². The highest BCUT2D eigenvalue weighted by Crippen LogP contribution is 2.27. The molecule has 2 aromatic carbocycles. The average Bonchev–Trinajstić information content (AvgIpc) is 2.76. The fourth-order valence-electron chi connectivity index (χ4n) is 3.85. The van der Waals surface area contributed by atoms with Crippen molar-refractivity contribution in [3.63, 3.8) is 0 Å². The van der Waals surface area contributed by atoms with Crippen LogP contribution in [0.15, 0.2) is 48.5 Å². The van der Waals surface area contributed by atoms with Crippen LogP contribution in [0, 0.1) is 0 Å². The molecule has 168 valence electrons. The summed E-state index contributed by atoms with van der Waals surface area (Å²) in [6.45, 7) is 4.21. The zero-order valence-electron chi connectivity index (χ0n) is 18.0. The first-order chi connectivity index (χ1) is 14.7. The quantitative estimate of drug-likeness (QED) is 0.627. The Bertz CT molecular complexity index is 1010. The number of anilines is 2. The summed E-state index contributed by atoms with van der Waals surface area (Å²) in [5.41, 5.74) is 1.46. The normalized spacial score (nSPS) is 15.5. The number of halogens is 1. The maximum absolute atomic E-state index is 13.4. The second kappa shape index (κ2) is 9.78. The Labute approximate surface area is 189 Å². The van der Waals surface area contributed by atoms with E-state index in [1.165, 1.54) is 4.31 Å². The van der Waals surface area contributed by atoms with Gasteiger partial charge in [0.1, 0.15) is 11.8 Å². The van der Waals surface area contributed by atoms with Gasteiger partial charge in [-0.25, -0.2) is 8.42 Å². The molecule has 0 unspecified atom stereocenters. The van der Waals surface area contributed by atoms with Crippen LogP contribution in [0.25, 0.3) is 0 Å². The fraction of sp³-hybridized carbons (Fsp3) is 0.409. The van der Waals surface area contributed by atoms with Crippen molar-refractivity contribution in [2.24, 2.45) is 0 Å². The number of carbonyl (C=O) groups is 1. The number of carbonyl (C=O) groups excluding carboxylic acids is 1. The summed E-state index contributed by atoms with van der Waals surface area (Å²) < 4.78 is 31.6. The van der Waals surface area contributed by atoms with Crippen LogP contribution in [-0.4, -0.2) is 64.8 Å². The van der Waals surface area contributed by atoms with Gasteiger partial charge >= 0.3 is 0 Å². The molecule has 1 atom stereocenters. The lowest BCUT2D eigenvalue weighted by molar-refractivity contribution is -0.132. The number of ether oxygens (including phenoxy) is 1. The van der Waals surface area contributed by atoms with Gasteiger partial charge in [-0.15, -0.1) is 0 Å². The second-order valence-corrected chi connectivity index (χ2v) is 9.77. The largest absolute Gasteiger partial charge is 0.497 e. The second-order valence-electron chi connectivity index (χ2n) is 7.47. The zero-order chi connectivity index (χ0) is 22.6. The molecule has 0 saturated carbocycles. The summed E-state index contributed by atoms with van der Waals surface area (Å²) in [5.74, 6) is 0.604. The van der Waals surface area contributed by atoms with Gasteiger partial charge in [-0.3, -0.25) is 9.10 Å². The summed E-state index contributed by atoms with van der Waals surface area (Å²) in [6.07, 6.45) is 1.47. The zero-order valence-corrected chi connectivity index (χ0v) is 19.6. The highest BCUT2D eigenvalue weighted by Gasteiger charge is 2.35. The van der Waals surface area contributed by atoms with Gasteiger partial charge in [0.05, 0.1) is 19.1 Å². The van der Waals surface area contributed by atoms with Crippen LogP contribution in [0.1, 0.15) is 13.3 Å². The van der Waals surface area contributed by atoms with E-state index in [1.54, 1.807) is 36.3 Å². The number of methoxy groups -OCH3 is 1. The molecule has 1 aliphatic rings. The third-order valence-electron chi connectivity index (χ3n) is 5.40. The van der Waals surface area contributed by atoms with Crippen LogP contribution in [0.3, 0.4) is 0 Å². The van der Waals surface area contributed by atoms with Gasteiger partial charge in [0.2, 0.25) is 15.9 Å². The molecule has 9 heteroatoms. The molecule has 0 N–H and O–H groups in total. The minimum Gasteiger partial charge on any atom is -0.497 e. The average molecular weight is 466 g/mol. The molecule has 0 aromatic heterocycles. The standard InChI is InChI=1S/C22H28ClN3O4S/c1-4-21(26(31(3,28)29)19-7-5-6-17(23)16-19)22(27)25-14-12-24(13-15-25)18-8-10-20(30-2)11-9-18/h5-11,16,21H,4,12-15H2,1-3H3/t21-/m1/s1. The summed E-state index contributed by atoms with van der Waals surface area (Å²) in [7, 11) is -2.05. The lowest BCUT2D eigenvalue weighted by Crippen LogP contribution is -2.56. The highest BCUT2D eigenvalue weighted by atomic mass is 35.5. The third-order valence-corrected chi connectivity index (χ3v) is 6.82. The first-order valence-corrected chi connectivity index (χ1v) is 12.4. The number of hydrogen-bond donors (Lipinski definition) is 0. The van der Waals surface area contributed by atoms with Crippen LogP contribution in [0.2, 0.25) is 5.02 Å². The molecule has 2 aromatic rings. The summed E-state index contributed by atoms with van der Waals surface area (Å²) in [4.78, 5) is 17.3. The molecule has 1 fully saturated rings. The molecule has 0 bridgehead atoms. The number of amides is 1. The minimum absolute atomic E-state index is 0.192. The van der Waals surface area contributed by atoms with Crippen molar-refractivity contribution in [2.75, 3.05) is 48.7 Å². The van der Waals surface area contributed by atoms with E-state index >= 15 is 0 Å². The van der Waals surface area contributed by atoms with Gasteiger partial charge < -0.3 is 14.5 Å². The van der Waals surface area contributed by atoms with E-state index in [-0.39, 0.29) is 5.91 Å². The monoisotopic (exact) mass is 465 g/mol. The lowest BCUT2D eigenvalue weighted by Gasteiger charge is -2.39. The Hall–Kier alpha value is -2.45. The van der Waals surface area contributed by atoms with Crippen LogP contribution in [0.5, 0.6) is 5.75 Å². The number of piperazine rings is 1. The van der Waals surface area contributed by atoms with Gasteiger partial charge in [0.25, 0.3) is 0 Å². The summed E-state index contributed by atoms with van der Waals surface area (Å²) in [6, 6.07) is 13.6. The first-order valence-electron chi connectivity index (χ1n) is 10.2. The molecular weight excluding hydrogens is 438 g/mol. The Balaban J connectivity index is 1.75. The molecule has 7 nitrogen and oxygen atoms in total. The maximum atomic E-state index is 13.4.